The van der Waals surface area contributed by atoms with Crippen molar-refractivity contribution < 1.29 is 4.79 Å². The van der Waals surface area contributed by atoms with E-state index in [4.69, 9.17) is 0 Å². The van der Waals surface area contributed by atoms with Gasteiger partial charge in [-0.2, -0.15) is 0 Å². The Kier molecular flexibility index (Phi) is 4.38. The highest BCUT2D eigenvalue weighted by molar-refractivity contribution is 5.96. The van der Waals surface area contributed by atoms with Crippen molar-refractivity contribution in [2.45, 2.75) is 12.3 Å². The van der Waals surface area contributed by atoms with Crippen LogP contribution in [0.25, 0.3) is 6.08 Å². The molecule has 2 aromatic carbocycles. The fourth-order valence-electron chi connectivity index (χ4n) is 2.87. The van der Waals surface area contributed by atoms with Crippen molar-refractivity contribution >= 4 is 23.9 Å². The highest BCUT2D eigenvalue weighted by Gasteiger charge is 2.43. The zero-order valence-corrected chi connectivity index (χ0v) is 13.2. The summed E-state index contributed by atoms with van der Waals surface area (Å²) in [7, 11) is 1.74. The highest BCUT2D eigenvalue weighted by Crippen LogP contribution is 2.47. The maximum atomic E-state index is 12.4. The molecule has 23 heavy (non-hydrogen) atoms. The highest BCUT2D eigenvalue weighted by atomic mass is 16.2. The van der Waals surface area contributed by atoms with Gasteiger partial charge in [-0.25, -0.2) is 0 Å². The summed E-state index contributed by atoms with van der Waals surface area (Å²) in [6.45, 7) is 3.82. The fourth-order valence-corrected chi connectivity index (χ4v) is 2.87. The molecule has 0 heterocycles. The minimum absolute atomic E-state index is 0.0708. The summed E-state index contributed by atoms with van der Waals surface area (Å²) < 4.78 is 0. The molecule has 2 aromatic rings. The molecule has 0 radical (unpaired) electrons. The molecule has 0 aromatic heterocycles. The second-order valence-electron chi connectivity index (χ2n) is 5.78. The van der Waals surface area contributed by atoms with E-state index in [1.807, 2.05) is 36.4 Å². The van der Waals surface area contributed by atoms with Crippen LogP contribution in [0.4, 0.5) is 5.69 Å². The first-order chi connectivity index (χ1) is 11.2. The first-order valence-corrected chi connectivity index (χ1v) is 7.77. The molecule has 0 bridgehead atoms. The molecule has 1 aliphatic carbocycles. The minimum Gasteiger partial charge on any atom is -0.326 e. The molecule has 1 fully saturated rings. The van der Waals surface area contributed by atoms with Gasteiger partial charge in [-0.1, -0.05) is 49.1 Å². The van der Waals surface area contributed by atoms with Crippen LogP contribution in [0.5, 0.6) is 0 Å². The predicted molar refractivity (Wildman–Crippen MR) is 96.0 cm³/mol. The number of nitrogens with zero attached hydrogens (tertiary/aromatic N) is 1. The number of carbonyl (C=O) groups excluding carboxylic acids is 1. The summed E-state index contributed by atoms with van der Waals surface area (Å²) in [6, 6.07) is 16.0. The lowest BCUT2D eigenvalue weighted by Gasteiger charge is -2.08. The van der Waals surface area contributed by atoms with Crippen LogP contribution in [0, 0.1) is 5.92 Å². The maximum absolute atomic E-state index is 12.4. The van der Waals surface area contributed by atoms with Crippen molar-refractivity contribution in [3.63, 3.8) is 0 Å². The number of hydrogen-bond acceptors (Lipinski definition) is 2. The third-order valence-electron chi connectivity index (χ3n) is 4.20. The smallest absolute Gasteiger partial charge is 0.228 e. The average Bonchev–Trinajstić information content (AvgIpc) is 3.38. The van der Waals surface area contributed by atoms with E-state index in [-0.39, 0.29) is 11.8 Å². The van der Waals surface area contributed by atoms with Crippen LogP contribution >= 0.6 is 0 Å². The number of amides is 1. The van der Waals surface area contributed by atoms with Gasteiger partial charge in [-0.15, -0.1) is 0 Å². The third-order valence-corrected chi connectivity index (χ3v) is 4.20. The van der Waals surface area contributed by atoms with Gasteiger partial charge in [-0.3, -0.25) is 9.79 Å². The summed E-state index contributed by atoms with van der Waals surface area (Å²) in [5.41, 5.74) is 4.00. The summed E-state index contributed by atoms with van der Waals surface area (Å²) in [5, 5.41) is 3.02. The van der Waals surface area contributed by atoms with Gasteiger partial charge < -0.3 is 5.32 Å². The molecular weight excluding hydrogens is 284 g/mol. The Morgan fingerprint density at radius 2 is 2.00 bits per heavy atom. The number of carbonyl (C=O) groups is 1. The molecule has 0 saturated heterocycles. The minimum atomic E-state index is 0.0708. The van der Waals surface area contributed by atoms with E-state index in [0.29, 0.717) is 5.92 Å². The van der Waals surface area contributed by atoms with E-state index >= 15 is 0 Å². The Morgan fingerprint density at radius 3 is 2.70 bits per heavy atom. The maximum Gasteiger partial charge on any atom is 0.228 e. The number of aliphatic imine (C=N–C) groups is 1. The summed E-state index contributed by atoms with van der Waals surface area (Å²) in [4.78, 5) is 16.4. The molecular formula is C20H20N2O. The van der Waals surface area contributed by atoms with Crippen molar-refractivity contribution in [1.82, 2.24) is 0 Å². The van der Waals surface area contributed by atoms with E-state index in [2.05, 4.69) is 29.0 Å². The molecule has 1 amide bonds. The molecule has 116 valence electrons. The molecule has 3 heteroatoms. The van der Waals surface area contributed by atoms with Crippen molar-refractivity contribution in [1.29, 1.82) is 0 Å². The van der Waals surface area contributed by atoms with Gasteiger partial charge in [0.1, 0.15) is 0 Å². The normalized spacial score (nSPS) is 19.5. The molecule has 3 nitrogen and oxygen atoms in total. The average molecular weight is 304 g/mol. The van der Waals surface area contributed by atoms with Crippen molar-refractivity contribution in [3.8, 4) is 0 Å². The Labute approximate surface area is 136 Å². The molecule has 0 spiro atoms. The standard InChI is InChI=1S/C20H20N2O/c1-3-14-11-17(10-9-16(14)13-21-2)22-20(23)19-12-18(19)15-7-5-4-6-8-15/h3-11,13,18-19H,1,12H2,2H3,(H,22,23)/b21-13-/t18-,19+/m0/s1. The fraction of sp³-hybridized carbons (Fsp3) is 0.200. The molecule has 1 aliphatic rings. The first-order valence-electron chi connectivity index (χ1n) is 7.77. The predicted octanol–water partition coefficient (Wildman–Crippen LogP) is 4.12. The second kappa shape index (κ2) is 6.61. The van der Waals surface area contributed by atoms with Gasteiger partial charge in [0.05, 0.1) is 0 Å². The Morgan fingerprint density at radius 1 is 1.22 bits per heavy atom. The van der Waals surface area contributed by atoms with E-state index in [1.54, 1.807) is 19.3 Å². The molecule has 3 rings (SSSR count). The first kappa shape index (κ1) is 15.2. The monoisotopic (exact) mass is 304 g/mol. The zero-order chi connectivity index (χ0) is 16.2. The number of nitrogens with one attached hydrogen (secondary N) is 1. The van der Waals surface area contributed by atoms with E-state index < -0.39 is 0 Å². The lowest BCUT2D eigenvalue weighted by Crippen LogP contribution is -2.14. The summed E-state index contributed by atoms with van der Waals surface area (Å²) in [5.74, 6) is 0.508. The van der Waals surface area contributed by atoms with Crippen LogP contribution in [0.2, 0.25) is 0 Å². The van der Waals surface area contributed by atoms with Gasteiger partial charge in [-0.05, 0) is 41.2 Å². The summed E-state index contributed by atoms with van der Waals surface area (Å²) in [6.07, 6.45) is 4.48. The van der Waals surface area contributed by atoms with Crippen LogP contribution in [0.3, 0.4) is 0 Å². The molecule has 0 aliphatic heterocycles. The summed E-state index contributed by atoms with van der Waals surface area (Å²) >= 11 is 0. The van der Waals surface area contributed by atoms with Crippen molar-refractivity contribution in [2.24, 2.45) is 10.9 Å². The third kappa shape index (κ3) is 3.39. The van der Waals surface area contributed by atoms with Crippen molar-refractivity contribution in [3.05, 3.63) is 71.8 Å². The lowest BCUT2D eigenvalue weighted by molar-refractivity contribution is -0.117. The number of rotatable bonds is 5. The van der Waals surface area contributed by atoms with Crippen LogP contribution in [0.1, 0.15) is 29.0 Å². The largest absolute Gasteiger partial charge is 0.326 e. The zero-order valence-electron chi connectivity index (χ0n) is 13.2. The number of anilines is 1. The van der Waals surface area contributed by atoms with Crippen LogP contribution < -0.4 is 5.32 Å². The van der Waals surface area contributed by atoms with Gasteiger partial charge >= 0.3 is 0 Å². The quantitative estimate of drug-likeness (QED) is 0.829. The Hall–Kier alpha value is -2.68. The van der Waals surface area contributed by atoms with E-state index in [9.17, 15) is 4.79 Å². The number of benzene rings is 2. The van der Waals surface area contributed by atoms with Crippen LogP contribution in [-0.4, -0.2) is 19.2 Å². The Balaban J connectivity index is 1.68. The van der Waals surface area contributed by atoms with Gasteiger partial charge in [0.25, 0.3) is 0 Å². The molecule has 1 N–H and O–H groups in total. The molecule has 0 unspecified atom stereocenters. The SMILES string of the molecule is C=Cc1cc(NC(=O)[C@@H]2C[C@H]2c2ccccc2)ccc1/C=N\C. The van der Waals surface area contributed by atoms with E-state index in [1.165, 1.54) is 5.56 Å². The van der Waals surface area contributed by atoms with Gasteiger partial charge in [0.2, 0.25) is 5.91 Å². The van der Waals surface area contributed by atoms with Crippen molar-refractivity contribution in [2.75, 3.05) is 12.4 Å². The second-order valence-corrected chi connectivity index (χ2v) is 5.78. The van der Waals surface area contributed by atoms with Gasteiger partial charge in [0, 0.05) is 24.9 Å². The topological polar surface area (TPSA) is 41.5 Å². The number of hydrogen-bond donors (Lipinski definition) is 1. The van der Waals surface area contributed by atoms with E-state index in [0.717, 1.165) is 23.2 Å². The lowest BCUT2D eigenvalue weighted by atomic mass is 10.1. The van der Waals surface area contributed by atoms with Crippen LogP contribution in [0.15, 0.2) is 60.1 Å². The Bertz CT molecular complexity index is 749. The van der Waals surface area contributed by atoms with Crippen LogP contribution in [-0.2, 0) is 4.79 Å². The van der Waals surface area contributed by atoms with Gasteiger partial charge in [0.15, 0.2) is 0 Å². The molecule has 2 atom stereocenters. The molecule has 1 saturated carbocycles.